The van der Waals surface area contributed by atoms with E-state index < -0.39 is 0 Å². The van der Waals surface area contributed by atoms with E-state index in [0.29, 0.717) is 5.92 Å². The molecule has 1 aliphatic rings. The molecule has 13 heavy (non-hydrogen) atoms. The summed E-state index contributed by atoms with van der Waals surface area (Å²) in [5.74, 6) is 0.816. The van der Waals surface area contributed by atoms with Gasteiger partial charge in [0, 0.05) is 25.0 Å². The smallest absolute Gasteiger partial charge is 0.225 e. The SMILES string of the molecule is CC(C)C(=O)N1CC[C@@H](N)[C@@H](C)C1. The van der Waals surface area contributed by atoms with Crippen molar-refractivity contribution in [2.24, 2.45) is 17.6 Å². The second kappa shape index (κ2) is 4.09. The molecule has 2 atom stereocenters. The van der Waals surface area contributed by atoms with Crippen molar-refractivity contribution in [3.63, 3.8) is 0 Å². The molecule has 0 radical (unpaired) electrons. The summed E-state index contributed by atoms with van der Waals surface area (Å²) in [6.07, 6.45) is 0.944. The minimum Gasteiger partial charge on any atom is -0.342 e. The first-order chi connectivity index (χ1) is 6.02. The Bertz CT molecular complexity index is 191. The Hall–Kier alpha value is -0.570. The molecule has 0 unspecified atom stereocenters. The van der Waals surface area contributed by atoms with Crippen LogP contribution in [0.1, 0.15) is 27.2 Å². The fourth-order valence-corrected chi connectivity index (χ4v) is 1.73. The van der Waals surface area contributed by atoms with Crippen molar-refractivity contribution in [3.8, 4) is 0 Å². The third-order valence-electron chi connectivity index (χ3n) is 2.78. The minimum absolute atomic E-state index is 0.113. The van der Waals surface area contributed by atoms with Crippen LogP contribution in [0.25, 0.3) is 0 Å². The van der Waals surface area contributed by atoms with E-state index in [4.69, 9.17) is 5.73 Å². The number of rotatable bonds is 1. The van der Waals surface area contributed by atoms with Crippen LogP contribution in [0.3, 0.4) is 0 Å². The van der Waals surface area contributed by atoms with E-state index in [2.05, 4.69) is 6.92 Å². The van der Waals surface area contributed by atoms with E-state index in [9.17, 15) is 4.79 Å². The molecule has 1 heterocycles. The van der Waals surface area contributed by atoms with Gasteiger partial charge < -0.3 is 10.6 Å². The molecule has 1 amide bonds. The lowest BCUT2D eigenvalue weighted by molar-refractivity contribution is -0.136. The summed E-state index contributed by atoms with van der Waals surface area (Å²) in [5, 5.41) is 0. The van der Waals surface area contributed by atoms with Crippen molar-refractivity contribution in [3.05, 3.63) is 0 Å². The van der Waals surface area contributed by atoms with Crippen molar-refractivity contribution in [1.82, 2.24) is 4.90 Å². The number of amides is 1. The maximum Gasteiger partial charge on any atom is 0.225 e. The number of nitrogens with two attached hydrogens (primary N) is 1. The highest BCUT2D eigenvalue weighted by atomic mass is 16.2. The van der Waals surface area contributed by atoms with Gasteiger partial charge in [-0.25, -0.2) is 0 Å². The van der Waals surface area contributed by atoms with Crippen molar-refractivity contribution in [1.29, 1.82) is 0 Å². The molecule has 0 aromatic carbocycles. The van der Waals surface area contributed by atoms with Crippen LogP contribution in [-0.2, 0) is 4.79 Å². The number of carbonyl (C=O) groups is 1. The highest BCUT2D eigenvalue weighted by Gasteiger charge is 2.27. The van der Waals surface area contributed by atoms with Gasteiger partial charge in [-0.1, -0.05) is 20.8 Å². The first-order valence-corrected chi connectivity index (χ1v) is 5.06. The maximum absolute atomic E-state index is 11.6. The van der Waals surface area contributed by atoms with E-state index in [1.165, 1.54) is 0 Å². The zero-order valence-corrected chi connectivity index (χ0v) is 8.79. The summed E-state index contributed by atoms with van der Waals surface area (Å²) in [5.41, 5.74) is 5.88. The molecule has 0 aromatic rings. The largest absolute Gasteiger partial charge is 0.342 e. The average Bonchev–Trinajstić information content (AvgIpc) is 2.08. The molecule has 2 N–H and O–H groups in total. The Morgan fingerprint density at radius 3 is 2.62 bits per heavy atom. The normalized spacial score (nSPS) is 29.5. The van der Waals surface area contributed by atoms with Gasteiger partial charge in [0.1, 0.15) is 0 Å². The van der Waals surface area contributed by atoms with E-state index >= 15 is 0 Å². The first kappa shape index (κ1) is 10.5. The maximum atomic E-state index is 11.6. The van der Waals surface area contributed by atoms with E-state index in [1.54, 1.807) is 0 Å². The lowest BCUT2D eigenvalue weighted by Crippen LogP contribution is -2.49. The number of hydrogen-bond acceptors (Lipinski definition) is 2. The molecule has 76 valence electrons. The molecule has 1 rings (SSSR count). The van der Waals surface area contributed by atoms with Gasteiger partial charge >= 0.3 is 0 Å². The van der Waals surface area contributed by atoms with Gasteiger partial charge in [0.15, 0.2) is 0 Å². The molecule has 1 saturated heterocycles. The van der Waals surface area contributed by atoms with Gasteiger partial charge in [0.05, 0.1) is 0 Å². The van der Waals surface area contributed by atoms with Crippen LogP contribution in [0.4, 0.5) is 0 Å². The number of likely N-dealkylation sites (tertiary alicyclic amines) is 1. The third kappa shape index (κ3) is 2.44. The Kier molecular flexibility index (Phi) is 3.31. The van der Waals surface area contributed by atoms with Crippen LogP contribution in [0.5, 0.6) is 0 Å². The van der Waals surface area contributed by atoms with Gasteiger partial charge in [-0.05, 0) is 12.3 Å². The lowest BCUT2D eigenvalue weighted by atomic mass is 9.94. The predicted octanol–water partition coefficient (Wildman–Crippen LogP) is 0.838. The zero-order chi connectivity index (χ0) is 10.0. The quantitative estimate of drug-likeness (QED) is 0.656. The Morgan fingerprint density at radius 1 is 1.54 bits per heavy atom. The minimum atomic E-state index is 0.113. The molecule has 0 spiro atoms. The van der Waals surface area contributed by atoms with Gasteiger partial charge in [0.2, 0.25) is 5.91 Å². The van der Waals surface area contributed by atoms with Gasteiger partial charge in [0.25, 0.3) is 0 Å². The molecule has 0 aromatic heterocycles. The predicted molar refractivity (Wildman–Crippen MR) is 53.2 cm³/mol. The number of carbonyl (C=O) groups excluding carboxylic acids is 1. The van der Waals surface area contributed by atoms with Gasteiger partial charge in [-0.3, -0.25) is 4.79 Å². The fraction of sp³-hybridized carbons (Fsp3) is 0.900. The van der Waals surface area contributed by atoms with Crippen LogP contribution < -0.4 is 5.73 Å². The molecule has 1 aliphatic heterocycles. The van der Waals surface area contributed by atoms with Gasteiger partial charge in [-0.2, -0.15) is 0 Å². The van der Waals surface area contributed by atoms with Crippen LogP contribution in [0, 0.1) is 11.8 Å². The van der Waals surface area contributed by atoms with Crippen LogP contribution in [0.15, 0.2) is 0 Å². The van der Waals surface area contributed by atoms with Crippen molar-refractivity contribution in [2.45, 2.75) is 33.2 Å². The lowest BCUT2D eigenvalue weighted by Gasteiger charge is -2.36. The summed E-state index contributed by atoms with van der Waals surface area (Å²) in [6, 6.07) is 0.274. The zero-order valence-electron chi connectivity index (χ0n) is 8.79. The second-order valence-corrected chi connectivity index (χ2v) is 4.37. The van der Waals surface area contributed by atoms with Crippen molar-refractivity contribution >= 4 is 5.91 Å². The van der Waals surface area contributed by atoms with Crippen molar-refractivity contribution < 1.29 is 4.79 Å². The number of piperidine rings is 1. The second-order valence-electron chi connectivity index (χ2n) is 4.37. The molecule has 0 aliphatic carbocycles. The summed E-state index contributed by atoms with van der Waals surface area (Å²) in [4.78, 5) is 13.6. The summed E-state index contributed by atoms with van der Waals surface area (Å²) in [7, 11) is 0. The van der Waals surface area contributed by atoms with E-state index in [1.807, 2.05) is 18.7 Å². The topological polar surface area (TPSA) is 46.3 Å². The molecule has 3 nitrogen and oxygen atoms in total. The van der Waals surface area contributed by atoms with Crippen LogP contribution in [0.2, 0.25) is 0 Å². The standard InChI is InChI=1S/C10H20N2O/c1-7(2)10(13)12-5-4-9(11)8(3)6-12/h7-9H,4-6,11H2,1-3H3/t8-,9+/m0/s1. The third-order valence-corrected chi connectivity index (χ3v) is 2.78. The first-order valence-electron chi connectivity index (χ1n) is 5.06. The Labute approximate surface area is 80.3 Å². The summed E-state index contributed by atoms with van der Waals surface area (Å²) in [6.45, 7) is 7.67. The summed E-state index contributed by atoms with van der Waals surface area (Å²) < 4.78 is 0. The molecule has 1 fully saturated rings. The Morgan fingerprint density at radius 2 is 2.15 bits per heavy atom. The highest BCUT2D eigenvalue weighted by molar-refractivity contribution is 5.78. The molecule has 0 bridgehead atoms. The molecule has 0 saturated carbocycles. The van der Waals surface area contributed by atoms with E-state index in [-0.39, 0.29) is 17.9 Å². The van der Waals surface area contributed by atoms with Crippen molar-refractivity contribution in [2.75, 3.05) is 13.1 Å². The van der Waals surface area contributed by atoms with Crippen LogP contribution in [-0.4, -0.2) is 29.9 Å². The van der Waals surface area contributed by atoms with Crippen LogP contribution >= 0.6 is 0 Å². The van der Waals surface area contributed by atoms with Gasteiger partial charge in [-0.15, -0.1) is 0 Å². The monoisotopic (exact) mass is 184 g/mol. The Balaban J connectivity index is 2.50. The fourth-order valence-electron chi connectivity index (χ4n) is 1.73. The highest BCUT2D eigenvalue weighted by Crippen LogP contribution is 2.16. The average molecular weight is 184 g/mol. The summed E-state index contributed by atoms with van der Waals surface area (Å²) >= 11 is 0. The van der Waals surface area contributed by atoms with E-state index in [0.717, 1.165) is 19.5 Å². The molecular weight excluding hydrogens is 164 g/mol. The molecular formula is C10H20N2O. The number of hydrogen-bond donors (Lipinski definition) is 1. The molecule has 3 heteroatoms. The number of nitrogens with zero attached hydrogens (tertiary/aromatic N) is 1.